The standard InChI is InChI=1S/C27H32N2O/c1-27(2,3)24-14-10-22(11-15-24)19-28-25-16-12-21(13-17-25)18-26(30)29(4)20-23-8-6-5-7-9-23/h5-17,28H,18-20H2,1-4H3. The third kappa shape index (κ3) is 6.21. The highest BCUT2D eigenvalue weighted by Gasteiger charge is 2.13. The van der Waals surface area contributed by atoms with Crippen LogP contribution < -0.4 is 5.32 Å². The molecule has 0 saturated heterocycles. The van der Waals surface area contributed by atoms with E-state index in [1.165, 1.54) is 11.1 Å². The molecule has 0 atom stereocenters. The van der Waals surface area contributed by atoms with Crippen LogP contribution in [-0.4, -0.2) is 17.9 Å². The minimum absolute atomic E-state index is 0.124. The van der Waals surface area contributed by atoms with Gasteiger partial charge in [-0.2, -0.15) is 0 Å². The molecule has 0 aliphatic carbocycles. The molecule has 30 heavy (non-hydrogen) atoms. The van der Waals surface area contributed by atoms with Gasteiger partial charge in [-0.3, -0.25) is 4.79 Å². The molecule has 1 amide bonds. The maximum absolute atomic E-state index is 12.5. The Morgan fingerprint density at radius 2 is 1.40 bits per heavy atom. The van der Waals surface area contributed by atoms with Gasteiger partial charge in [0.2, 0.25) is 5.91 Å². The van der Waals surface area contributed by atoms with Gasteiger partial charge in [0.25, 0.3) is 0 Å². The molecule has 0 heterocycles. The summed E-state index contributed by atoms with van der Waals surface area (Å²) in [5, 5.41) is 3.46. The van der Waals surface area contributed by atoms with Crippen LogP contribution in [0, 0.1) is 0 Å². The van der Waals surface area contributed by atoms with Crippen molar-refractivity contribution in [1.29, 1.82) is 0 Å². The molecule has 3 nitrogen and oxygen atoms in total. The van der Waals surface area contributed by atoms with Gasteiger partial charge in [0, 0.05) is 25.8 Å². The second-order valence-electron chi connectivity index (χ2n) is 8.91. The topological polar surface area (TPSA) is 32.3 Å². The van der Waals surface area contributed by atoms with Crippen molar-refractivity contribution >= 4 is 11.6 Å². The number of amides is 1. The fourth-order valence-corrected chi connectivity index (χ4v) is 3.32. The van der Waals surface area contributed by atoms with Gasteiger partial charge >= 0.3 is 0 Å². The van der Waals surface area contributed by atoms with Crippen LogP contribution in [0.15, 0.2) is 78.9 Å². The van der Waals surface area contributed by atoms with Crippen LogP contribution in [0.1, 0.15) is 43.0 Å². The third-order valence-electron chi connectivity index (χ3n) is 5.31. The lowest BCUT2D eigenvalue weighted by Crippen LogP contribution is -2.27. The van der Waals surface area contributed by atoms with Gasteiger partial charge in [-0.05, 0) is 39.8 Å². The lowest BCUT2D eigenvalue weighted by atomic mass is 9.87. The van der Waals surface area contributed by atoms with E-state index in [1.54, 1.807) is 4.90 Å². The summed E-state index contributed by atoms with van der Waals surface area (Å²) in [6.45, 7) is 8.10. The summed E-state index contributed by atoms with van der Waals surface area (Å²) in [7, 11) is 1.86. The lowest BCUT2D eigenvalue weighted by Gasteiger charge is -2.19. The highest BCUT2D eigenvalue weighted by atomic mass is 16.2. The van der Waals surface area contributed by atoms with E-state index in [0.717, 1.165) is 23.4 Å². The molecule has 0 radical (unpaired) electrons. The predicted octanol–water partition coefficient (Wildman–Crippen LogP) is 5.80. The first-order valence-corrected chi connectivity index (χ1v) is 10.5. The maximum Gasteiger partial charge on any atom is 0.227 e. The van der Waals surface area contributed by atoms with Gasteiger partial charge in [-0.25, -0.2) is 0 Å². The smallest absolute Gasteiger partial charge is 0.227 e. The van der Waals surface area contributed by atoms with E-state index in [4.69, 9.17) is 0 Å². The van der Waals surface area contributed by atoms with Gasteiger partial charge in [0.15, 0.2) is 0 Å². The van der Waals surface area contributed by atoms with Gasteiger partial charge in [-0.1, -0.05) is 87.5 Å². The molecule has 0 aliphatic heterocycles. The number of likely N-dealkylation sites (N-methyl/N-ethyl adjacent to an activating group) is 1. The zero-order chi connectivity index (χ0) is 21.6. The number of carbonyl (C=O) groups excluding carboxylic acids is 1. The minimum Gasteiger partial charge on any atom is -0.381 e. The van der Waals surface area contributed by atoms with Crippen LogP contribution >= 0.6 is 0 Å². The van der Waals surface area contributed by atoms with E-state index in [2.05, 4.69) is 50.4 Å². The number of carbonyl (C=O) groups is 1. The second-order valence-corrected chi connectivity index (χ2v) is 8.91. The Morgan fingerprint density at radius 3 is 2.00 bits per heavy atom. The zero-order valence-corrected chi connectivity index (χ0v) is 18.5. The fourth-order valence-electron chi connectivity index (χ4n) is 3.32. The van der Waals surface area contributed by atoms with Crippen LogP contribution in [0.3, 0.4) is 0 Å². The molecule has 0 spiro atoms. The lowest BCUT2D eigenvalue weighted by molar-refractivity contribution is -0.129. The van der Waals surface area contributed by atoms with Crippen LogP contribution in [0.4, 0.5) is 5.69 Å². The second kappa shape index (κ2) is 9.62. The number of benzene rings is 3. The number of nitrogens with one attached hydrogen (secondary N) is 1. The molecule has 1 N–H and O–H groups in total. The molecule has 3 heteroatoms. The van der Waals surface area contributed by atoms with E-state index < -0.39 is 0 Å². The normalized spacial score (nSPS) is 11.2. The summed E-state index contributed by atoms with van der Waals surface area (Å²) in [6.07, 6.45) is 0.415. The fraction of sp³-hybridized carbons (Fsp3) is 0.296. The minimum atomic E-state index is 0.124. The van der Waals surface area contributed by atoms with Gasteiger partial charge in [-0.15, -0.1) is 0 Å². The maximum atomic E-state index is 12.5. The van der Waals surface area contributed by atoms with Crippen molar-refractivity contribution in [2.24, 2.45) is 0 Å². The molecule has 0 aliphatic rings. The van der Waals surface area contributed by atoms with Crippen molar-refractivity contribution in [3.05, 3.63) is 101 Å². The Morgan fingerprint density at radius 1 is 0.800 bits per heavy atom. The van der Waals surface area contributed by atoms with E-state index in [-0.39, 0.29) is 11.3 Å². The average molecular weight is 401 g/mol. The summed E-state index contributed by atoms with van der Waals surface area (Å²) in [5.41, 5.74) is 6.00. The Kier molecular flexibility index (Phi) is 6.94. The van der Waals surface area contributed by atoms with E-state index in [9.17, 15) is 4.79 Å². The van der Waals surface area contributed by atoms with Crippen LogP contribution in [0.2, 0.25) is 0 Å². The van der Waals surface area contributed by atoms with Crippen molar-refractivity contribution < 1.29 is 4.79 Å². The van der Waals surface area contributed by atoms with Crippen molar-refractivity contribution in [1.82, 2.24) is 4.90 Å². The Balaban J connectivity index is 1.50. The Hall–Kier alpha value is -3.07. The molecule has 3 aromatic carbocycles. The molecule has 0 fully saturated rings. The van der Waals surface area contributed by atoms with Gasteiger partial charge in [0.05, 0.1) is 6.42 Å². The SMILES string of the molecule is CN(Cc1ccccc1)C(=O)Cc1ccc(NCc2ccc(C(C)(C)C)cc2)cc1. The molecular formula is C27H32N2O. The van der Waals surface area contributed by atoms with E-state index in [1.807, 2.05) is 61.6 Å². The monoisotopic (exact) mass is 400 g/mol. The average Bonchev–Trinajstić information content (AvgIpc) is 2.73. The number of hydrogen-bond acceptors (Lipinski definition) is 2. The first-order valence-electron chi connectivity index (χ1n) is 10.5. The van der Waals surface area contributed by atoms with Gasteiger partial charge in [0.1, 0.15) is 0 Å². The molecule has 156 valence electrons. The summed E-state index contributed by atoms with van der Waals surface area (Å²) >= 11 is 0. The molecule has 3 aromatic rings. The molecule has 0 unspecified atom stereocenters. The zero-order valence-electron chi connectivity index (χ0n) is 18.5. The molecule has 3 rings (SSSR count). The molecular weight excluding hydrogens is 368 g/mol. The van der Waals surface area contributed by atoms with E-state index >= 15 is 0 Å². The quantitative estimate of drug-likeness (QED) is 0.544. The molecule has 0 bridgehead atoms. The van der Waals surface area contributed by atoms with Crippen LogP contribution in [0.25, 0.3) is 0 Å². The van der Waals surface area contributed by atoms with Crippen LogP contribution in [0.5, 0.6) is 0 Å². The first-order chi connectivity index (χ1) is 14.3. The predicted molar refractivity (Wildman–Crippen MR) is 126 cm³/mol. The highest BCUT2D eigenvalue weighted by molar-refractivity contribution is 5.78. The Bertz CT molecular complexity index is 939. The van der Waals surface area contributed by atoms with Gasteiger partial charge < -0.3 is 10.2 Å². The van der Waals surface area contributed by atoms with Crippen molar-refractivity contribution in [3.8, 4) is 0 Å². The summed E-state index contributed by atoms with van der Waals surface area (Å²) in [5.74, 6) is 0.124. The highest BCUT2D eigenvalue weighted by Crippen LogP contribution is 2.22. The number of anilines is 1. The van der Waals surface area contributed by atoms with Crippen molar-refractivity contribution in [2.75, 3.05) is 12.4 Å². The van der Waals surface area contributed by atoms with E-state index in [0.29, 0.717) is 13.0 Å². The third-order valence-corrected chi connectivity index (χ3v) is 5.31. The first kappa shape index (κ1) is 21.6. The van der Waals surface area contributed by atoms with Crippen LogP contribution in [-0.2, 0) is 29.7 Å². The summed E-state index contributed by atoms with van der Waals surface area (Å²) in [6, 6.07) is 27.0. The van der Waals surface area contributed by atoms with Crippen molar-refractivity contribution in [3.63, 3.8) is 0 Å². The number of hydrogen-bond donors (Lipinski definition) is 1. The molecule has 0 aromatic heterocycles. The number of rotatable bonds is 7. The summed E-state index contributed by atoms with van der Waals surface area (Å²) in [4.78, 5) is 14.3. The molecule has 0 saturated carbocycles. The largest absolute Gasteiger partial charge is 0.381 e. The van der Waals surface area contributed by atoms with Crippen molar-refractivity contribution in [2.45, 2.75) is 45.7 Å². The Labute approximate surface area is 180 Å². The number of nitrogens with zero attached hydrogens (tertiary/aromatic N) is 1. The summed E-state index contributed by atoms with van der Waals surface area (Å²) < 4.78 is 0.